The van der Waals surface area contributed by atoms with Crippen molar-refractivity contribution in [3.8, 4) is 0 Å². The maximum Gasteiger partial charge on any atom is 0.315 e. The molecule has 3 fully saturated rings. The van der Waals surface area contributed by atoms with E-state index in [1.54, 1.807) is 0 Å². The van der Waals surface area contributed by atoms with E-state index in [9.17, 15) is 4.79 Å². The van der Waals surface area contributed by atoms with Gasteiger partial charge in [0.15, 0.2) is 0 Å². The number of quaternary nitrogens is 1. The van der Waals surface area contributed by atoms with Crippen LogP contribution in [-0.4, -0.2) is 24.7 Å². The van der Waals surface area contributed by atoms with Gasteiger partial charge in [-0.1, -0.05) is 26.0 Å². The SMILES string of the molecule is C=C1CCC[C@]2(C)C[C@H]3OC(=O)[C@H](C[NH2+][C@@H](C)CC)[C@H]3C[C@H]12. The van der Waals surface area contributed by atoms with Crippen LogP contribution in [-0.2, 0) is 9.53 Å². The van der Waals surface area contributed by atoms with Gasteiger partial charge in [-0.25, -0.2) is 0 Å². The molecule has 2 aliphatic carbocycles. The minimum Gasteiger partial charge on any atom is -0.462 e. The van der Waals surface area contributed by atoms with Gasteiger partial charge in [-0.15, -0.1) is 0 Å². The fourth-order valence-corrected chi connectivity index (χ4v) is 5.07. The van der Waals surface area contributed by atoms with Crippen LogP contribution in [0.5, 0.6) is 0 Å². The van der Waals surface area contributed by atoms with Crippen LogP contribution in [0.3, 0.4) is 0 Å². The summed E-state index contributed by atoms with van der Waals surface area (Å²) in [6, 6.07) is 0.588. The van der Waals surface area contributed by atoms with Gasteiger partial charge < -0.3 is 10.1 Å². The van der Waals surface area contributed by atoms with Crippen molar-refractivity contribution in [2.75, 3.05) is 6.54 Å². The Morgan fingerprint density at radius 2 is 2.27 bits per heavy atom. The van der Waals surface area contributed by atoms with Gasteiger partial charge in [0.2, 0.25) is 0 Å². The molecule has 3 nitrogen and oxygen atoms in total. The molecule has 124 valence electrons. The summed E-state index contributed by atoms with van der Waals surface area (Å²) in [7, 11) is 0. The topological polar surface area (TPSA) is 42.9 Å². The number of fused-ring (bicyclic) bond motifs is 2. The first-order valence-corrected chi connectivity index (χ1v) is 9.16. The van der Waals surface area contributed by atoms with E-state index < -0.39 is 0 Å². The van der Waals surface area contributed by atoms with E-state index in [0.29, 0.717) is 23.3 Å². The average Bonchev–Trinajstić information content (AvgIpc) is 2.77. The summed E-state index contributed by atoms with van der Waals surface area (Å²) in [6.07, 6.45) is 7.17. The number of esters is 1. The largest absolute Gasteiger partial charge is 0.462 e. The monoisotopic (exact) mass is 306 g/mol. The molecule has 1 saturated heterocycles. The van der Waals surface area contributed by atoms with Gasteiger partial charge in [0.05, 0.1) is 12.6 Å². The number of rotatable bonds is 4. The number of hydrogen-bond acceptors (Lipinski definition) is 2. The summed E-state index contributed by atoms with van der Waals surface area (Å²) in [5, 5.41) is 2.33. The van der Waals surface area contributed by atoms with Crippen molar-refractivity contribution < 1.29 is 14.8 Å². The summed E-state index contributed by atoms with van der Waals surface area (Å²) in [5.41, 5.74) is 1.74. The summed E-state index contributed by atoms with van der Waals surface area (Å²) in [5.74, 6) is 1.17. The van der Waals surface area contributed by atoms with Crippen LogP contribution in [0.15, 0.2) is 12.2 Å². The first-order valence-electron chi connectivity index (χ1n) is 9.16. The van der Waals surface area contributed by atoms with Crippen LogP contribution >= 0.6 is 0 Å². The second-order valence-corrected chi connectivity index (χ2v) is 8.26. The maximum absolute atomic E-state index is 12.4. The number of carbonyl (C=O) groups excluding carboxylic acids is 1. The Hall–Kier alpha value is -0.830. The third-order valence-electron chi connectivity index (χ3n) is 6.76. The van der Waals surface area contributed by atoms with Crippen LogP contribution in [0.4, 0.5) is 0 Å². The second kappa shape index (κ2) is 5.99. The quantitative estimate of drug-likeness (QED) is 0.641. The van der Waals surface area contributed by atoms with Gasteiger partial charge in [0.25, 0.3) is 0 Å². The van der Waals surface area contributed by atoms with Crippen LogP contribution in [0.2, 0.25) is 0 Å². The van der Waals surface area contributed by atoms with E-state index in [-0.39, 0.29) is 18.0 Å². The zero-order valence-corrected chi connectivity index (χ0v) is 14.4. The molecule has 3 heteroatoms. The molecule has 22 heavy (non-hydrogen) atoms. The van der Waals surface area contributed by atoms with Gasteiger partial charge in [0.1, 0.15) is 12.0 Å². The maximum atomic E-state index is 12.4. The summed E-state index contributed by atoms with van der Waals surface area (Å²) in [4.78, 5) is 12.4. The zero-order valence-electron chi connectivity index (χ0n) is 14.4. The summed E-state index contributed by atoms with van der Waals surface area (Å²) >= 11 is 0. The van der Waals surface area contributed by atoms with E-state index in [4.69, 9.17) is 4.74 Å². The summed E-state index contributed by atoms with van der Waals surface area (Å²) in [6.45, 7) is 12.1. The third-order valence-corrected chi connectivity index (χ3v) is 6.76. The highest BCUT2D eigenvalue weighted by Gasteiger charge is 2.55. The van der Waals surface area contributed by atoms with Crippen molar-refractivity contribution in [2.24, 2.45) is 23.2 Å². The molecule has 0 aromatic carbocycles. The molecule has 0 spiro atoms. The summed E-state index contributed by atoms with van der Waals surface area (Å²) < 4.78 is 5.80. The first kappa shape index (κ1) is 16.0. The van der Waals surface area contributed by atoms with Crippen LogP contribution in [0, 0.1) is 23.2 Å². The Bertz CT molecular complexity index is 460. The number of ether oxygens (including phenoxy) is 1. The normalized spacial score (nSPS) is 42.5. The van der Waals surface area contributed by atoms with Gasteiger partial charge in [-0.2, -0.15) is 0 Å². The molecular formula is C19H32NO2+. The fraction of sp³-hybridized carbons (Fsp3) is 0.842. The molecule has 6 atom stereocenters. The molecule has 3 rings (SSSR count). The Morgan fingerprint density at radius 3 is 3.00 bits per heavy atom. The molecule has 0 amide bonds. The molecule has 0 aromatic heterocycles. The number of nitrogens with two attached hydrogens (primary N) is 1. The predicted molar refractivity (Wildman–Crippen MR) is 87.2 cm³/mol. The predicted octanol–water partition coefficient (Wildman–Crippen LogP) is 2.66. The fourth-order valence-electron chi connectivity index (χ4n) is 5.07. The standard InChI is InChI=1S/C19H31NO2/c1-5-13(3)20-11-15-14-9-16-12(2)7-6-8-19(16,4)10-17(14)22-18(15)21/h13-17,20H,2,5-11H2,1,3-4H3/p+1/t13-,14+,15+,16+,17+,19+/m0/s1. The molecule has 1 aliphatic heterocycles. The molecule has 0 bridgehead atoms. The Morgan fingerprint density at radius 1 is 1.50 bits per heavy atom. The molecule has 0 radical (unpaired) electrons. The Balaban J connectivity index is 1.73. The average molecular weight is 306 g/mol. The number of carbonyl (C=O) groups is 1. The van der Waals surface area contributed by atoms with Crippen molar-refractivity contribution in [2.45, 2.75) is 71.4 Å². The van der Waals surface area contributed by atoms with Gasteiger partial charge >= 0.3 is 5.97 Å². The van der Waals surface area contributed by atoms with E-state index in [2.05, 4.69) is 32.7 Å². The van der Waals surface area contributed by atoms with Crippen molar-refractivity contribution in [3.63, 3.8) is 0 Å². The molecule has 1 heterocycles. The lowest BCUT2D eigenvalue weighted by Gasteiger charge is -2.49. The van der Waals surface area contributed by atoms with Crippen molar-refractivity contribution in [1.29, 1.82) is 0 Å². The van der Waals surface area contributed by atoms with Crippen LogP contribution < -0.4 is 5.32 Å². The Kier molecular flexibility index (Phi) is 4.37. The minimum atomic E-state index is 0.0578. The van der Waals surface area contributed by atoms with Crippen molar-refractivity contribution in [3.05, 3.63) is 12.2 Å². The van der Waals surface area contributed by atoms with E-state index >= 15 is 0 Å². The molecule has 0 unspecified atom stereocenters. The highest BCUT2D eigenvalue weighted by Crippen LogP contribution is 2.56. The van der Waals surface area contributed by atoms with E-state index in [1.165, 1.54) is 24.8 Å². The highest BCUT2D eigenvalue weighted by molar-refractivity contribution is 5.75. The van der Waals surface area contributed by atoms with E-state index in [0.717, 1.165) is 25.8 Å². The molecule has 2 N–H and O–H groups in total. The lowest BCUT2D eigenvalue weighted by molar-refractivity contribution is -0.690. The van der Waals surface area contributed by atoms with Crippen molar-refractivity contribution in [1.82, 2.24) is 0 Å². The molecular weight excluding hydrogens is 274 g/mol. The van der Waals surface area contributed by atoms with Crippen LogP contribution in [0.1, 0.15) is 59.3 Å². The Labute approximate surface area is 134 Å². The van der Waals surface area contributed by atoms with Gasteiger partial charge in [-0.3, -0.25) is 4.79 Å². The zero-order chi connectivity index (χ0) is 15.9. The van der Waals surface area contributed by atoms with Crippen molar-refractivity contribution >= 4 is 5.97 Å². The number of allylic oxidation sites excluding steroid dienone is 1. The molecule has 2 saturated carbocycles. The first-order chi connectivity index (χ1) is 10.4. The van der Waals surface area contributed by atoms with Gasteiger partial charge in [-0.05, 0) is 56.8 Å². The molecule has 0 aromatic rings. The van der Waals surface area contributed by atoms with Crippen LogP contribution in [0.25, 0.3) is 0 Å². The number of hydrogen-bond donors (Lipinski definition) is 1. The highest BCUT2D eigenvalue weighted by atomic mass is 16.6. The minimum absolute atomic E-state index is 0.0578. The third kappa shape index (κ3) is 2.73. The lowest BCUT2D eigenvalue weighted by atomic mass is 9.55. The molecule has 3 aliphatic rings. The lowest BCUT2D eigenvalue weighted by Crippen LogP contribution is -2.90. The van der Waals surface area contributed by atoms with Gasteiger partial charge in [0, 0.05) is 5.92 Å². The smallest absolute Gasteiger partial charge is 0.315 e. The second-order valence-electron chi connectivity index (χ2n) is 8.26. The van der Waals surface area contributed by atoms with E-state index in [1.807, 2.05) is 0 Å².